The highest BCUT2D eigenvalue weighted by Gasteiger charge is 2.24. The van der Waals surface area contributed by atoms with Gasteiger partial charge in [-0.25, -0.2) is 0 Å². The predicted molar refractivity (Wildman–Crippen MR) is 68.6 cm³/mol. The van der Waals surface area contributed by atoms with Crippen molar-refractivity contribution in [2.45, 2.75) is 32.6 Å². The zero-order chi connectivity index (χ0) is 12.7. The van der Waals surface area contributed by atoms with E-state index < -0.39 is 31.3 Å². The first-order chi connectivity index (χ1) is 7.21. The number of hydrogen-bond acceptors (Lipinski definition) is 3. The third kappa shape index (κ3) is 2.18. The summed E-state index contributed by atoms with van der Waals surface area (Å²) in [6.07, 6.45) is 0. The average molecular weight is 356 g/mol. The largest absolute Gasteiger partial charge is 0.295 e. The second kappa shape index (κ2) is 4.50. The maximum Gasteiger partial charge on any atom is 0.295 e. The minimum atomic E-state index is -4.31. The van der Waals surface area contributed by atoms with Crippen molar-refractivity contribution in [2.75, 3.05) is 0 Å². The summed E-state index contributed by atoms with van der Waals surface area (Å²) in [5.74, 6) is 0. The van der Waals surface area contributed by atoms with Crippen LogP contribution < -0.4 is 0 Å². The summed E-state index contributed by atoms with van der Waals surface area (Å²) >= 11 is -1.64. The van der Waals surface area contributed by atoms with Gasteiger partial charge in [0, 0.05) is 0 Å². The lowest BCUT2D eigenvalue weighted by molar-refractivity contribution is 0.481. The van der Waals surface area contributed by atoms with Crippen molar-refractivity contribution in [3.63, 3.8) is 0 Å². The van der Waals surface area contributed by atoms with Gasteiger partial charge in [0.1, 0.15) is 4.90 Å². The monoisotopic (exact) mass is 356 g/mol. The Morgan fingerprint density at radius 2 is 1.38 bits per heavy atom. The molecule has 1 rings (SSSR count). The molecule has 0 saturated carbocycles. The third-order valence-electron chi connectivity index (χ3n) is 2.89. The van der Waals surface area contributed by atoms with Gasteiger partial charge in [-0.2, -0.15) is 8.42 Å². The van der Waals surface area contributed by atoms with Crippen LogP contribution in [0.3, 0.4) is 0 Å². The Balaban J connectivity index is 3.94. The summed E-state index contributed by atoms with van der Waals surface area (Å²) in [6.45, 7) is 6.99. The highest BCUT2D eigenvalue weighted by Crippen LogP contribution is 2.32. The molecule has 0 radical (unpaired) electrons. The topological polar surface area (TPSA) is 71.4 Å². The second-order valence-corrected chi connectivity index (χ2v) is 6.57. The van der Waals surface area contributed by atoms with Crippen molar-refractivity contribution >= 4 is 31.3 Å². The van der Waals surface area contributed by atoms with E-state index in [9.17, 15) is 16.0 Å². The Hall–Kier alpha value is -0.340. The van der Waals surface area contributed by atoms with E-state index in [1.807, 2.05) is 6.92 Å². The van der Waals surface area contributed by atoms with Gasteiger partial charge < -0.3 is 0 Å². The molecular formula is C10H13IO4S. The Bertz CT molecular complexity index is 561. The third-order valence-corrected chi connectivity index (χ3v) is 6.07. The maximum absolute atomic E-state index is 11.3. The van der Waals surface area contributed by atoms with E-state index in [4.69, 9.17) is 0 Å². The number of hydrogen-bond donors (Lipinski definition) is 1. The van der Waals surface area contributed by atoms with Crippen LogP contribution in [0.5, 0.6) is 0 Å². The van der Waals surface area contributed by atoms with Gasteiger partial charge >= 0.3 is 0 Å². The highest BCUT2D eigenvalue weighted by molar-refractivity contribution is 14.1. The summed E-state index contributed by atoms with van der Waals surface area (Å²) in [6, 6.07) is 0. The van der Waals surface area contributed by atoms with Crippen molar-refractivity contribution in [3.05, 3.63) is 25.8 Å². The summed E-state index contributed by atoms with van der Waals surface area (Å²) in [7, 11) is -4.31. The first-order valence-corrected chi connectivity index (χ1v) is 7.96. The molecular weight excluding hydrogens is 343 g/mol. The predicted octanol–water partition coefficient (Wildman–Crippen LogP) is 2.65. The van der Waals surface area contributed by atoms with Crippen LogP contribution >= 0.6 is 21.2 Å². The Morgan fingerprint density at radius 3 is 1.75 bits per heavy atom. The molecule has 0 saturated heterocycles. The molecule has 0 aromatic heterocycles. The molecule has 0 heterocycles. The minimum absolute atomic E-state index is 0.170. The highest BCUT2D eigenvalue weighted by atomic mass is 127. The average Bonchev–Trinajstić information content (AvgIpc) is 2.18. The van der Waals surface area contributed by atoms with Gasteiger partial charge in [0.2, 0.25) is 0 Å². The molecule has 0 unspecified atom stereocenters. The summed E-state index contributed by atoms with van der Waals surface area (Å²) < 4.78 is 43.2. The zero-order valence-electron chi connectivity index (χ0n) is 9.46. The van der Waals surface area contributed by atoms with Crippen LogP contribution in [0, 0.1) is 31.3 Å². The lowest BCUT2D eigenvalue weighted by Crippen LogP contribution is -2.09. The Kier molecular flexibility index (Phi) is 3.86. The van der Waals surface area contributed by atoms with Gasteiger partial charge in [-0.05, 0) is 49.9 Å². The molecule has 0 atom stereocenters. The molecule has 0 amide bonds. The molecule has 16 heavy (non-hydrogen) atoms. The van der Waals surface area contributed by atoms with E-state index in [1.54, 1.807) is 20.8 Å². The van der Waals surface area contributed by atoms with Gasteiger partial charge in [0.15, 0.2) is 21.2 Å². The van der Waals surface area contributed by atoms with E-state index in [1.165, 1.54) is 0 Å². The van der Waals surface area contributed by atoms with Crippen LogP contribution in [0.1, 0.15) is 22.3 Å². The van der Waals surface area contributed by atoms with Crippen molar-refractivity contribution in [1.29, 1.82) is 0 Å². The van der Waals surface area contributed by atoms with E-state index in [2.05, 4.69) is 0 Å². The van der Waals surface area contributed by atoms with E-state index in [0.717, 1.165) is 11.1 Å². The number of halogens is 1. The van der Waals surface area contributed by atoms with E-state index in [-0.39, 0.29) is 8.47 Å². The smallest absolute Gasteiger partial charge is 0.282 e. The Labute approximate surface area is 105 Å². The normalized spacial score (nSPS) is 11.8. The molecule has 0 fully saturated rings. The van der Waals surface area contributed by atoms with Crippen molar-refractivity contribution in [1.82, 2.24) is 0 Å². The molecule has 1 aromatic carbocycles. The van der Waals surface area contributed by atoms with Gasteiger partial charge in [-0.1, -0.05) is 0 Å². The van der Waals surface area contributed by atoms with Crippen LogP contribution in [0.4, 0.5) is 0 Å². The summed E-state index contributed by atoms with van der Waals surface area (Å²) in [5, 5.41) is 0. The van der Waals surface area contributed by atoms with Crippen LogP contribution in [-0.4, -0.2) is 13.0 Å². The molecule has 0 aliphatic rings. The molecule has 0 spiro atoms. The fraction of sp³-hybridized carbons (Fsp3) is 0.400. The van der Waals surface area contributed by atoms with Crippen LogP contribution in [-0.2, 0) is 13.2 Å². The summed E-state index contributed by atoms with van der Waals surface area (Å²) in [4.78, 5) is -0.170. The van der Waals surface area contributed by atoms with Gasteiger partial charge in [-0.3, -0.25) is 7.62 Å². The zero-order valence-corrected chi connectivity index (χ0v) is 12.4. The standard InChI is InChI=1S/C10H13IO4S/c1-5-6(2)8(4)10(16(13,14)15)9(11-12)7(5)3/h1-4H3,(H,13,14,15). The van der Waals surface area contributed by atoms with Crippen molar-refractivity contribution in [2.24, 2.45) is 0 Å². The fourth-order valence-corrected chi connectivity index (χ4v) is 4.94. The van der Waals surface area contributed by atoms with Gasteiger partial charge in [0.25, 0.3) is 10.1 Å². The van der Waals surface area contributed by atoms with Gasteiger partial charge in [-0.15, -0.1) is 0 Å². The SMILES string of the molecule is Cc1c(C)c(C)c(S(=O)(=O)O)c(I=O)c1C. The lowest BCUT2D eigenvalue weighted by atomic mass is 10.00. The molecule has 1 N–H and O–H groups in total. The molecule has 1 aromatic rings. The maximum atomic E-state index is 11.3. The number of benzene rings is 1. The molecule has 4 nitrogen and oxygen atoms in total. The van der Waals surface area contributed by atoms with E-state index in [0.29, 0.717) is 11.1 Å². The van der Waals surface area contributed by atoms with Crippen molar-refractivity contribution in [3.8, 4) is 0 Å². The Morgan fingerprint density at radius 1 is 0.938 bits per heavy atom. The minimum Gasteiger partial charge on any atom is -0.282 e. The summed E-state index contributed by atoms with van der Waals surface area (Å²) in [5.41, 5.74) is 2.91. The fourth-order valence-electron chi connectivity index (χ4n) is 1.63. The molecule has 0 aliphatic heterocycles. The quantitative estimate of drug-likeness (QED) is 0.653. The molecule has 90 valence electrons. The van der Waals surface area contributed by atoms with Crippen molar-refractivity contribution < 1.29 is 16.0 Å². The van der Waals surface area contributed by atoms with Gasteiger partial charge in [0.05, 0.1) is 3.57 Å². The van der Waals surface area contributed by atoms with E-state index >= 15 is 0 Å². The molecule has 0 aliphatic carbocycles. The van der Waals surface area contributed by atoms with Crippen LogP contribution in [0.25, 0.3) is 0 Å². The first-order valence-electron chi connectivity index (χ1n) is 4.56. The van der Waals surface area contributed by atoms with Crippen LogP contribution in [0.15, 0.2) is 4.90 Å². The first kappa shape index (κ1) is 13.7. The molecule has 0 bridgehead atoms. The molecule has 6 heteroatoms. The van der Waals surface area contributed by atoms with Crippen LogP contribution in [0.2, 0.25) is 0 Å². The second-order valence-electron chi connectivity index (χ2n) is 3.70. The lowest BCUT2D eigenvalue weighted by Gasteiger charge is -2.14. The number of rotatable bonds is 2.